The minimum absolute atomic E-state index is 0.0892. The van der Waals surface area contributed by atoms with Crippen LogP contribution < -0.4 is 10.1 Å². The van der Waals surface area contributed by atoms with Crippen molar-refractivity contribution < 1.29 is 4.74 Å². The van der Waals surface area contributed by atoms with Gasteiger partial charge in [0.1, 0.15) is 5.69 Å². The summed E-state index contributed by atoms with van der Waals surface area (Å²) in [5.74, 6) is 0.736. The number of nitrogens with one attached hydrogen (secondary N) is 1. The molecule has 0 saturated carbocycles. The lowest BCUT2D eigenvalue weighted by atomic mass is 10.1. The van der Waals surface area contributed by atoms with E-state index in [1.54, 1.807) is 18.0 Å². The molecular weight excluding hydrogens is 317 g/mol. The van der Waals surface area contributed by atoms with Crippen molar-refractivity contribution in [2.45, 2.75) is 19.4 Å². The molecule has 20 heavy (non-hydrogen) atoms. The van der Waals surface area contributed by atoms with E-state index in [2.05, 4.69) is 17.3 Å². The highest BCUT2D eigenvalue weighted by Gasteiger charge is 2.25. The molecule has 0 aromatic carbocycles. The van der Waals surface area contributed by atoms with Crippen LogP contribution in [-0.2, 0) is 7.05 Å². The zero-order chi connectivity index (χ0) is 14.7. The Balaban J connectivity index is 2.46. The minimum atomic E-state index is -0.0892. The van der Waals surface area contributed by atoms with Crippen molar-refractivity contribution >= 4 is 34.5 Å². The first kappa shape index (κ1) is 15.6. The van der Waals surface area contributed by atoms with Gasteiger partial charge in [0.25, 0.3) is 0 Å². The fourth-order valence-electron chi connectivity index (χ4n) is 2.11. The van der Waals surface area contributed by atoms with Gasteiger partial charge in [-0.25, -0.2) is 0 Å². The molecule has 1 N–H and O–H groups in total. The molecule has 0 aliphatic carbocycles. The predicted molar refractivity (Wildman–Crippen MR) is 84.2 cm³/mol. The summed E-state index contributed by atoms with van der Waals surface area (Å²) in [5, 5.41) is 7.74. The van der Waals surface area contributed by atoms with Crippen molar-refractivity contribution in [1.82, 2.24) is 15.1 Å². The van der Waals surface area contributed by atoms with Gasteiger partial charge in [-0.15, -0.1) is 11.3 Å². The summed E-state index contributed by atoms with van der Waals surface area (Å²) in [6.45, 7) is 2.98. The number of halogens is 2. The smallest absolute Gasteiger partial charge is 0.161 e. The van der Waals surface area contributed by atoms with E-state index in [4.69, 9.17) is 27.9 Å². The molecule has 110 valence electrons. The van der Waals surface area contributed by atoms with Crippen LogP contribution in [0.5, 0.6) is 5.75 Å². The zero-order valence-electron chi connectivity index (χ0n) is 11.6. The van der Waals surface area contributed by atoms with Crippen LogP contribution in [0.3, 0.4) is 0 Å². The number of methoxy groups -OCH3 is 1. The first-order valence-electron chi connectivity index (χ1n) is 6.32. The first-order valence-corrected chi connectivity index (χ1v) is 7.89. The normalized spacial score (nSPS) is 12.7. The van der Waals surface area contributed by atoms with Crippen LogP contribution in [0.2, 0.25) is 8.67 Å². The third kappa shape index (κ3) is 3.11. The molecule has 0 aliphatic rings. The first-order chi connectivity index (χ1) is 9.58. The monoisotopic (exact) mass is 333 g/mol. The van der Waals surface area contributed by atoms with Crippen molar-refractivity contribution in [3.63, 3.8) is 0 Å². The standard InChI is InChI=1S/C13H17Cl2N3OS/c1-4-5-16-11(8-6-10(14)20-13(8)15)12-9(19-3)7-17-18(12)2/h6-7,11,16H,4-5H2,1-3H3. The Morgan fingerprint density at radius 3 is 2.80 bits per heavy atom. The molecule has 0 bridgehead atoms. The summed E-state index contributed by atoms with van der Waals surface area (Å²) in [6, 6.07) is 1.81. The summed E-state index contributed by atoms with van der Waals surface area (Å²) in [4.78, 5) is 0. The maximum atomic E-state index is 6.31. The van der Waals surface area contributed by atoms with E-state index >= 15 is 0 Å². The molecule has 4 nitrogen and oxygen atoms in total. The quantitative estimate of drug-likeness (QED) is 0.871. The number of aromatic nitrogens is 2. The largest absolute Gasteiger partial charge is 0.493 e. The van der Waals surface area contributed by atoms with Gasteiger partial charge in [0.05, 0.1) is 28.0 Å². The summed E-state index contributed by atoms with van der Waals surface area (Å²) in [6.07, 6.45) is 2.73. The number of ether oxygens (including phenoxy) is 1. The number of aryl methyl sites for hydroxylation is 1. The molecule has 7 heteroatoms. The molecule has 2 heterocycles. The van der Waals surface area contributed by atoms with E-state index in [-0.39, 0.29) is 6.04 Å². The fourth-order valence-corrected chi connectivity index (χ4v) is 3.64. The van der Waals surface area contributed by atoms with Crippen molar-refractivity contribution in [3.8, 4) is 5.75 Å². The average molecular weight is 334 g/mol. The highest BCUT2D eigenvalue weighted by molar-refractivity contribution is 7.20. The van der Waals surface area contributed by atoms with Gasteiger partial charge in [-0.2, -0.15) is 5.10 Å². The summed E-state index contributed by atoms with van der Waals surface area (Å²) >= 11 is 13.7. The van der Waals surface area contributed by atoms with Gasteiger partial charge in [-0.1, -0.05) is 30.1 Å². The highest BCUT2D eigenvalue weighted by atomic mass is 35.5. The maximum Gasteiger partial charge on any atom is 0.161 e. The van der Waals surface area contributed by atoms with Crippen LogP contribution in [-0.4, -0.2) is 23.4 Å². The van der Waals surface area contributed by atoms with Crippen LogP contribution >= 0.6 is 34.5 Å². The van der Waals surface area contributed by atoms with E-state index in [1.165, 1.54) is 11.3 Å². The number of rotatable bonds is 6. The summed E-state index contributed by atoms with van der Waals surface area (Å²) in [5.41, 5.74) is 1.90. The Morgan fingerprint density at radius 2 is 2.25 bits per heavy atom. The van der Waals surface area contributed by atoms with E-state index in [0.717, 1.165) is 30.0 Å². The Hall–Kier alpha value is -0.750. The van der Waals surface area contributed by atoms with Gasteiger partial charge in [0.2, 0.25) is 0 Å². The number of nitrogens with zero attached hydrogens (tertiary/aromatic N) is 2. The molecule has 2 aromatic heterocycles. The SMILES string of the molecule is CCCNC(c1cc(Cl)sc1Cl)c1c(OC)cnn1C. The number of thiophene rings is 1. The molecule has 1 atom stereocenters. The lowest BCUT2D eigenvalue weighted by molar-refractivity contribution is 0.400. The van der Waals surface area contributed by atoms with Crippen molar-refractivity contribution in [2.24, 2.45) is 7.05 Å². The Bertz CT molecular complexity index is 582. The lowest BCUT2D eigenvalue weighted by Gasteiger charge is -2.19. The van der Waals surface area contributed by atoms with Gasteiger partial charge in [-0.3, -0.25) is 4.68 Å². The summed E-state index contributed by atoms with van der Waals surface area (Å²) < 4.78 is 8.56. The van der Waals surface area contributed by atoms with Crippen molar-refractivity contribution in [3.05, 3.63) is 32.2 Å². The highest BCUT2D eigenvalue weighted by Crippen LogP contribution is 2.39. The predicted octanol–water partition coefficient (Wildman–Crippen LogP) is 3.89. The van der Waals surface area contributed by atoms with Gasteiger partial charge >= 0.3 is 0 Å². The molecule has 2 aromatic rings. The van der Waals surface area contributed by atoms with Crippen LogP contribution in [0.25, 0.3) is 0 Å². The Kier molecular flexibility index (Phi) is 5.32. The van der Waals surface area contributed by atoms with Gasteiger partial charge < -0.3 is 10.1 Å². The van der Waals surface area contributed by atoms with Gasteiger partial charge in [0.15, 0.2) is 5.75 Å². The van der Waals surface area contributed by atoms with Crippen LogP contribution in [0.15, 0.2) is 12.3 Å². The third-order valence-electron chi connectivity index (χ3n) is 3.04. The molecule has 0 saturated heterocycles. The molecule has 0 radical (unpaired) electrons. The van der Waals surface area contributed by atoms with Crippen LogP contribution in [0.4, 0.5) is 0 Å². The van der Waals surface area contributed by atoms with Gasteiger partial charge in [-0.05, 0) is 19.0 Å². The zero-order valence-corrected chi connectivity index (χ0v) is 13.9. The number of hydrogen-bond acceptors (Lipinski definition) is 4. The Morgan fingerprint density at radius 1 is 1.50 bits per heavy atom. The molecule has 0 aliphatic heterocycles. The third-order valence-corrected chi connectivity index (χ3v) is 4.55. The molecule has 0 amide bonds. The van der Waals surface area contributed by atoms with E-state index < -0.39 is 0 Å². The molecule has 0 fully saturated rings. The van der Waals surface area contributed by atoms with Crippen molar-refractivity contribution in [2.75, 3.05) is 13.7 Å². The van der Waals surface area contributed by atoms with Crippen LogP contribution in [0, 0.1) is 0 Å². The topological polar surface area (TPSA) is 39.1 Å². The van der Waals surface area contributed by atoms with E-state index in [0.29, 0.717) is 8.67 Å². The minimum Gasteiger partial charge on any atom is -0.493 e. The van der Waals surface area contributed by atoms with Gasteiger partial charge in [0, 0.05) is 12.6 Å². The van der Waals surface area contributed by atoms with Crippen molar-refractivity contribution in [1.29, 1.82) is 0 Å². The average Bonchev–Trinajstić information content (AvgIpc) is 2.94. The molecule has 1 unspecified atom stereocenters. The lowest BCUT2D eigenvalue weighted by Crippen LogP contribution is -2.25. The Labute approximate surface area is 132 Å². The van der Waals surface area contributed by atoms with E-state index in [1.807, 2.05) is 13.1 Å². The maximum absolute atomic E-state index is 6.31. The number of hydrogen-bond donors (Lipinski definition) is 1. The second-order valence-corrected chi connectivity index (χ2v) is 6.67. The summed E-state index contributed by atoms with van der Waals surface area (Å²) in [7, 11) is 3.53. The second kappa shape index (κ2) is 6.80. The van der Waals surface area contributed by atoms with E-state index in [9.17, 15) is 0 Å². The van der Waals surface area contributed by atoms with Crippen LogP contribution in [0.1, 0.15) is 30.6 Å². The molecule has 2 rings (SSSR count). The molecular formula is C13H17Cl2N3OS. The second-order valence-electron chi connectivity index (χ2n) is 4.39. The molecule has 0 spiro atoms. The fraction of sp³-hybridized carbons (Fsp3) is 0.462.